The van der Waals surface area contributed by atoms with Crippen LogP contribution in [0.15, 0.2) is 55.1 Å². The Morgan fingerprint density at radius 3 is 2.36 bits per heavy atom. The van der Waals surface area contributed by atoms with Gasteiger partial charge in [0.15, 0.2) is 0 Å². The van der Waals surface area contributed by atoms with Gasteiger partial charge in [0.2, 0.25) is 0 Å². The molecule has 3 nitrogen and oxygen atoms in total. The van der Waals surface area contributed by atoms with Crippen molar-refractivity contribution in [3.05, 3.63) is 66.4 Å². The third kappa shape index (κ3) is 3.11. The van der Waals surface area contributed by atoms with E-state index in [-0.39, 0.29) is 0 Å². The second-order valence-corrected chi connectivity index (χ2v) is 6.04. The molecule has 132 valence electrons. The van der Waals surface area contributed by atoms with Crippen LogP contribution in [0.3, 0.4) is 0 Å². The van der Waals surface area contributed by atoms with E-state index >= 15 is 0 Å². The molecule has 1 heterocycles. The van der Waals surface area contributed by atoms with Crippen molar-refractivity contribution in [3.8, 4) is 11.3 Å². The summed E-state index contributed by atoms with van der Waals surface area (Å²) in [5, 5.41) is 8.86. The van der Waals surface area contributed by atoms with Crippen LogP contribution in [0.5, 0.6) is 0 Å². The first-order valence-corrected chi connectivity index (χ1v) is 9.16. The van der Waals surface area contributed by atoms with E-state index in [9.17, 15) is 0 Å². The first-order chi connectivity index (χ1) is 12.1. The predicted molar refractivity (Wildman–Crippen MR) is 107 cm³/mol. The first kappa shape index (κ1) is 18.9. The number of rotatable bonds is 3. The van der Waals surface area contributed by atoms with Gasteiger partial charge in [-0.25, -0.2) is 4.68 Å². The smallest absolute Gasteiger partial charge is 0.121 e. The van der Waals surface area contributed by atoms with Crippen LogP contribution in [0.25, 0.3) is 16.8 Å². The Balaban J connectivity index is 0.00000109. The molecule has 2 atom stereocenters. The number of allylic oxidation sites excluding steroid dienone is 4. The third-order valence-electron chi connectivity index (χ3n) is 4.97. The molecule has 0 bridgehead atoms. The van der Waals surface area contributed by atoms with Crippen molar-refractivity contribution >= 4 is 5.57 Å². The number of aromatic nitrogens is 3. The van der Waals surface area contributed by atoms with Gasteiger partial charge >= 0.3 is 0 Å². The number of benzene rings is 1. The highest BCUT2D eigenvalue weighted by atomic mass is 15.4. The summed E-state index contributed by atoms with van der Waals surface area (Å²) >= 11 is 0. The summed E-state index contributed by atoms with van der Waals surface area (Å²) in [5.41, 5.74) is 6.77. The minimum atomic E-state index is 0.343. The maximum atomic E-state index is 4.49. The van der Waals surface area contributed by atoms with Crippen molar-refractivity contribution in [1.82, 2.24) is 15.0 Å². The molecular formula is C22H29N3. The molecule has 2 unspecified atom stereocenters. The van der Waals surface area contributed by atoms with Gasteiger partial charge in [0, 0.05) is 17.7 Å². The monoisotopic (exact) mass is 335 g/mol. The predicted octanol–water partition coefficient (Wildman–Crippen LogP) is 5.87. The Labute approximate surface area is 151 Å². The van der Waals surface area contributed by atoms with Crippen LogP contribution in [0, 0.1) is 5.92 Å². The lowest BCUT2D eigenvalue weighted by Gasteiger charge is -2.28. The fraction of sp³-hybridized carbons (Fsp3) is 0.364. The summed E-state index contributed by atoms with van der Waals surface area (Å²) in [7, 11) is 0. The van der Waals surface area contributed by atoms with Gasteiger partial charge in [-0.3, -0.25) is 0 Å². The molecule has 0 N–H and O–H groups in total. The third-order valence-corrected chi connectivity index (χ3v) is 4.97. The van der Waals surface area contributed by atoms with Gasteiger partial charge in [-0.2, -0.15) is 0 Å². The molecule has 1 aromatic carbocycles. The van der Waals surface area contributed by atoms with E-state index in [4.69, 9.17) is 0 Å². The quantitative estimate of drug-likeness (QED) is 0.702. The first-order valence-electron chi connectivity index (χ1n) is 9.16. The molecule has 3 heteroatoms. The maximum absolute atomic E-state index is 4.49. The topological polar surface area (TPSA) is 30.7 Å². The Bertz CT molecular complexity index is 795. The van der Waals surface area contributed by atoms with Crippen LogP contribution in [0.4, 0.5) is 0 Å². The minimum Gasteiger partial charge on any atom is -0.244 e. The van der Waals surface area contributed by atoms with Crippen molar-refractivity contribution < 1.29 is 0 Å². The summed E-state index contributed by atoms with van der Waals surface area (Å²) in [5.74, 6) is 0.712. The van der Waals surface area contributed by atoms with Crippen molar-refractivity contribution in [2.45, 2.75) is 47.1 Å². The lowest BCUT2D eigenvalue weighted by atomic mass is 9.76. The highest BCUT2D eigenvalue weighted by Crippen LogP contribution is 2.43. The van der Waals surface area contributed by atoms with Crippen LogP contribution in [-0.4, -0.2) is 15.0 Å². The fourth-order valence-corrected chi connectivity index (χ4v) is 3.52. The van der Waals surface area contributed by atoms with E-state index in [0.717, 1.165) is 23.5 Å². The summed E-state index contributed by atoms with van der Waals surface area (Å²) in [4.78, 5) is 0. The Kier molecular flexibility index (Phi) is 6.13. The lowest BCUT2D eigenvalue weighted by molar-refractivity contribution is 0.571. The molecule has 0 saturated carbocycles. The van der Waals surface area contributed by atoms with Crippen LogP contribution in [0.2, 0.25) is 0 Å². The molecule has 0 fully saturated rings. The molecule has 1 aromatic heterocycles. The summed E-state index contributed by atoms with van der Waals surface area (Å²) < 4.78 is 1.95. The van der Waals surface area contributed by atoms with Crippen molar-refractivity contribution in [2.75, 3.05) is 0 Å². The van der Waals surface area contributed by atoms with Crippen LogP contribution in [-0.2, 0) is 6.54 Å². The zero-order chi connectivity index (χ0) is 18.6. The SMILES string of the molecule is C=C/C1=C(\C=C)C(C)C(C)c2ccccc2-c2nnn(CC)c21.CC. The highest BCUT2D eigenvalue weighted by Gasteiger charge is 2.29. The highest BCUT2D eigenvalue weighted by molar-refractivity contribution is 5.86. The fourth-order valence-electron chi connectivity index (χ4n) is 3.52. The summed E-state index contributed by atoms with van der Waals surface area (Å²) in [6.07, 6.45) is 3.88. The molecular weight excluding hydrogens is 306 g/mol. The zero-order valence-corrected chi connectivity index (χ0v) is 16.1. The molecule has 1 aliphatic rings. The average Bonchev–Trinajstić information content (AvgIpc) is 3.09. The second kappa shape index (κ2) is 8.11. The van der Waals surface area contributed by atoms with Gasteiger partial charge in [-0.05, 0) is 29.9 Å². The van der Waals surface area contributed by atoms with Crippen molar-refractivity contribution in [3.63, 3.8) is 0 Å². The largest absolute Gasteiger partial charge is 0.244 e. The van der Waals surface area contributed by atoms with E-state index in [2.05, 4.69) is 68.5 Å². The van der Waals surface area contributed by atoms with Crippen LogP contribution in [0.1, 0.15) is 51.8 Å². The van der Waals surface area contributed by atoms with Crippen LogP contribution >= 0.6 is 0 Å². The summed E-state index contributed by atoms with van der Waals surface area (Å²) in [6.45, 7) is 19.5. The van der Waals surface area contributed by atoms with Gasteiger partial charge in [0.25, 0.3) is 0 Å². The number of nitrogens with zero attached hydrogens (tertiary/aromatic N) is 3. The Morgan fingerprint density at radius 2 is 1.76 bits per heavy atom. The molecule has 1 aliphatic carbocycles. The zero-order valence-electron chi connectivity index (χ0n) is 16.1. The lowest BCUT2D eigenvalue weighted by Crippen LogP contribution is -2.15. The normalized spacial score (nSPS) is 21.8. The molecule has 0 amide bonds. The van der Waals surface area contributed by atoms with Crippen LogP contribution < -0.4 is 0 Å². The van der Waals surface area contributed by atoms with Crippen molar-refractivity contribution in [1.29, 1.82) is 0 Å². The van der Waals surface area contributed by atoms with E-state index in [1.54, 1.807) is 0 Å². The van der Waals surface area contributed by atoms with E-state index < -0.39 is 0 Å². The second-order valence-electron chi connectivity index (χ2n) is 6.04. The molecule has 0 aliphatic heterocycles. The number of hydrogen-bond donors (Lipinski definition) is 0. The number of fused-ring (bicyclic) bond motifs is 3. The number of hydrogen-bond acceptors (Lipinski definition) is 2. The maximum Gasteiger partial charge on any atom is 0.121 e. The van der Waals surface area contributed by atoms with E-state index in [0.29, 0.717) is 11.8 Å². The number of aryl methyl sites for hydroxylation is 1. The molecule has 0 radical (unpaired) electrons. The van der Waals surface area contributed by atoms with Crippen molar-refractivity contribution in [2.24, 2.45) is 5.92 Å². The molecule has 0 spiro atoms. The average molecular weight is 335 g/mol. The van der Waals surface area contributed by atoms with Gasteiger partial charge in [-0.1, -0.05) is 82.5 Å². The standard InChI is InChI=1S/C20H23N3.C2H6/c1-6-15-13(4)14(5)17-11-9-10-12-18(17)19-20(16(15)7-2)23(8-3)22-21-19;1-2/h6-7,9-14H,1-2,8H2,3-5H3;1-2H3/b16-15-;. The summed E-state index contributed by atoms with van der Waals surface area (Å²) in [6, 6.07) is 8.51. The van der Waals surface area contributed by atoms with E-state index in [1.807, 2.05) is 30.7 Å². The Morgan fingerprint density at radius 1 is 1.08 bits per heavy atom. The van der Waals surface area contributed by atoms with Gasteiger partial charge in [0.05, 0.1) is 5.69 Å². The molecule has 0 saturated heterocycles. The van der Waals surface area contributed by atoms with E-state index in [1.165, 1.54) is 16.7 Å². The van der Waals surface area contributed by atoms with Gasteiger partial charge in [0.1, 0.15) is 5.69 Å². The molecule has 2 aromatic rings. The molecule has 25 heavy (non-hydrogen) atoms. The van der Waals surface area contributed by atoms with Gasteiger partial charge < -0.3 is 0 Å². The Hall–Kier alpha value is -2.42. The molecule has 3 rings (SSSR count). The van der Waals surface area contributed by atoms with Gasteiger partial charge in [-0.15, -0.1) is 5.10 Å². The minimum absolute atomic E-state index is 0.343.